The molecule has 4 aromatic heterocycles. The van der Waals surface area contributed by atoms with Crippen LogP contribution in [0.1, 0.15) is 0 Å². The summed E-state index contributed by atoms with van der Waals surface area (Å²) >= 11 is 0. The average Bonchev–Trinajstić information content (AvgIpc) is 3.74. The van der Waals surface area contributed by atoms with Crippen LogP contribution in [-0.4, -0.2) is 36.1 Å². The van der Waals surface area contributed by atoms with Crippen LogP contribution in [0.25, 0.3) is 67.4 Å². The lowest BCUT2D eigenvalue weighted by Gasteiger charge is -2.39. The molecule has 9 aromatic rings. The van der Waals surface area contributed by atoms with Crippen molar-refractivity contribution in [1.29, 1.82) is 0 Å². The molecule has 0 unspecified atom stereocenters. The van der Waals surface area contributed by atoms with Gasteiger partial charge < -0.3 is 18.9 Å². The first-order chi connectivity index (χ1) is 26.0. The Balaban J connectivity index is 1.11. The molecule has 0 radical (unpaired) electrons. The number of anilines is 5. The molecule has 0 bridgehead atoms. The van der Waals surface area contributed by atoms with Gasteiger partial charge in [0.1, 0.15) is 22.7 Å². The minimum Gasteiger partial charge on any atom is -0.341 e. The van der Waals surface area contributed by atoms with Crippen molar-refractivity contribution >= 4 is 50.8 Å². The van der Waals surface area contributed by atoms with E-state index in [2.05, 4.69) is 151 Å². The van der Waals surface area contributed by atoms with Crippen molar-refractivity contribution in [2.45, 2.75) is 0 Å². The largest absolute Gasteiger partial charge is 0.341 e. The van der Waals surface area contributed by atoms with E-state index in [1.54, 1.807) is 0 Å². The van der Waals surface area contributed by atoms with Gasteiger partial charge in [-0.2, -0.15) is 0 Å². The first-order valence-corrected chi connectivity index (χ1v) is 17.7. The summed E-state index contributed by atoms with van der Waals surface area (Å²) in [7, 11) is 6.18. The zero-order valence-corrected chi connectivity index (χ0v) is 29.5. The highest BCUT2D eigenvalue weighted by molar-refractivity contribution is 6.01. The van der Waals surface area contributed by atoms with Gasteiger partial charge in [0.05, 0.1) is 28.4 Å². The van der Waals surface area contributed by atoms with Crippen molar-refractivity contribution in [2.24, 2.45) is 14.1 Å². The van der Waals surface area contributed by atoms with Gasteiger partial charge in [-0.25, -0.2) is 19.9 Å². The minimum absolute atomic E-state index is 0.871. The van der Waals surface area contributed by atoms with E-state index in [9.17, 15) is 0 Å². The van der Waals surface area contributed by atoms with Gasteiger partial charge in [0, 0.05) is 50.2 Å². The fraction of sp³-hybridized carbons (Fsp3) is 0.0667. The number of fused-ring (bicyclic) bond motifs is 4. The van der Waals surface area contributed by atoms with Gasteiger partial charge in [-0.1, -0.05) is 84.9 Å². The molecule has 1 aliphatic rings. The number of aromatic nitrogens is 6. The van der Waals surface area contributed by atoms with Crippen molar-refractivity contribution in [3.05, 3.63) is 152 Å². The Morgan fingerprint density at radius 1 is 0.396 bits per heavy atom. The van der Waals surface area contributed by atoms with Crippen LogP contribution in [-0.2, 0) is 14.1 Å². The van der Waals surface area contributed by atoms with Gasteiger partial charge in [0.25, 0.3) is 0 Å². The molecule has 0 atom stereocenters. The van der Waals surface area contributed by atoms with Crippen LogP contribution in [0.5, 0.6) is 0 Å². The molecule has 10 rings (SSSR count). The van der Waals surface area contributed by atoms with E-state index < -0.39 is 0 Å². The molecule has 8 heteroatoms. The molecule has 0 saturated carbocycles. The number of imidazole rings is 2. The predicted molar refractivity (Wildman–Crippen MR) is 215 cm³/mol. The monoisotopic (exact) mass is 686 g/mol. The Labute approximate surface area is 306 Å². The van der Waals surface area contributed by atoms with Gasteiger partial charge in [-0.15, -0.1) is 0 Å². The molecule has 0 saturated heterocycles. The third kappa shape index (κ3) is 4.91. The molecule has 0 spiro atoms. The number of hydrogen-bond acceptors (Lipinski definition) is 6. The summed E-state index contributed by atoms with van der Waals surface area (Å²) in [5.74, 6) is 1.78. The van der Waals surface area contributed by atoms with Crippen molar-refractivity contribution in [3.8, 4) is 45.0 Å². The summed E-state index contributed by atoms with van der Waals surface area (Å²) in [5, 5.41) is 0. The normalized spacial score (nSPS) is 12.4. The van der Waals surface area contributed by atoms with E-state index in [-0.39, 0.29) is 0 Å². The fourth-order valence-electron chi connectivity index (χ4n) is 7.71. The third-order valence-corrected chi connectivity index (χ3v) is 10.4. The first-order valence-electron chi connectivity index (χ1n) is 17.7. The Hall–Kier alpha value is -7.06. The number of benzene rings is 5. The topological polar surface area (TPSA) is 67.9 Å². The number of hydrogen-bond donors (Lipinski definition) is 0. The SMILES string of the molecule is CN1c2ccccc2N(c2cc(-c3ccc(-c4nc5cccnc5n4C)cc3)ccc2-c2ccc(-c3nc4cccnc4n3C)cc2)c2ccccc21. The van der Waals surface area contributed by atoms with Crippen molar-refractivity contribution in [2.75, 3.05) is 16.8 Å². The van der Waals surface area contributed by atoms with Crippen LogP contribution in [0.4, 0.5) is 28.4 Å². The Morgan fingerprint density at radius 3 is 1.36 bits per heavy atom. The van der Waals surface area contributed by atoms with E-state index in [0.717, 1.165) is 95.8 Å². The second-order valence-electron chi connectivity index (χ2n) is 13.4. The second-order valence-corrected chi connectivity index (χ2v) is 13.4. The van der Waals surface area contributed by atoms with Crippen LogP contribution < -0.4 is 9.80 Å². The van der Waals surface area contributed by atoms with E-state index in [1.807, 2.05) is 50.8 Å². The maximum absolute atomic E-state index is 4.90. The van der Waals surface area contributed by atoms with E-state index in [0.29, 0.717) is 0 Å². The number of para-hydroxylation sites is 4. The number of nitrogens with zero attached hydrogens (tertiary/aromatic N) is 8. The quantitative estimate of drug-likeness (QED) is 0.180. The summed E-state index contributed by atoms with van der Waals surface area (Å²) < 4.78 is 4.11. The predicted octanol–water partition coefficient (Wildman–Crippen LogP) is 10.5. The molecule has 8 nitrogen and oxygen atoms in total. The lowest BCUT2D eigenvalue weighted by molar-refractivity contribution is 0.942. The molecule has 254 valence electrons. The summed E-state index contributed by atoms with van der Waals surface area (Å²) in [5.41, 5.74) is 15.7. The molecular formula is C45H34N8. The van der Waals surface area contributed by atoms with E-state index in [4.69, 9.17) is 9.97 Å². The van der Waals surface area contributed by atoms with Gasteiger partial charge in [-0.3, -0.25) is 0 Å². The van der Waals surface area contributed by atoms with Crippen molar-refractivity contribution in [3.63, 3.8) is 0 Å². The summed E-state index contributed by atoms with van der Waals surface area (Å²) in [6.07, 6.45) is 3.62. The van der Waals surface area contributed by atoms with Crippen molar-refractivity contribution in [1.82, 2.24) is 29.1 Å². The van der Waals surface area contributed by atoms with Crippen LogP contribution in [0.15, 0.2) is 152 Å². The maximum atomic E-state index is 4.90. The lowest BCUT2D eigenvalue weighted by atomic mass is 9.95. The van der Waals surface area contributed by atoms with Gasteiger partial charge in [0.2, 0.25) is 0 Å². The highest BCUT2D eigenvalue weighted by Crippen LogP contribution is 2.53. The minimum atomic E-state index is 0.871. The zero-order valence-electron chi connectivity index (χ0n) is 29.5. The number of rotatable bonds is 5. The molecule has 0 N–H and O–H groups in total. The summed E-state index contributed by atoms with van der Waals surface area (Å²) in [4.78, 5) is 23.5. The Kier molecular flexibility index (Phi) is 6.97. The van der Waals surface area contributed by atoms with Crippen LogP contribution in [0, 0.1) is 0 Å². The second kappa shape index (κ2) is 12.0. The molecule has 1 aliphatic heterocycles. The van der Waals surface area contributed by atoms with E-state index in [1.165, 1.54) is 0 Å². The number of aryl methyl sites for hydroxylation is 2. The highest BCUT2D eigenvalue weighted by atomic mass is 15.3. The first kappa shape index (κ1) is 30.7. The standard InChI is InChI=1S/C45H34N8/c1-50-37-12-4-6-14-39(37)53(40-15-7-5-13-38(40)50)41-28-33(29-16-20-31(21-17-29)42-48-35-10-8-26-46-44(35)51(42)2)24-25-34(41)30-18-22-32(23-19-30)43-49-36-11-9-27-47-45(36)52(43)3/h4-28H,1-3H3. The van der Waals surface area contributed by atoms with Gasteiger partial charge in [0.15, 0.2) is 11.3 Å². The fourth-order valence-corrected chi connectivity index (χ4v) is 7.71. The van der Waals surface area contributed by atoms with E-state index >= 15 is 0 Å². The third-order valence-electron chi connectivity index (χ3n) is 10.4. The molecule has 0 aliphatic carbocycles. The van der Waals surface area contributed by atoms with Gasteiger partial charge in [-0.05, 0) is 71.3 Å². The summed E-state index contributed by atoms with van der Waals surface area (Å²) in [6, 6.07) is 49.3. The Bertz CT molecular complexity index is 2780. The highest BCUT2D eigenvalue weighted by Gasteiger charge is 2.29. The van der Waals surface area contributed by atoms with Crippen LogP contribution in [0.2, 0.25) is 0 Å². The molecule has 5 aromatic carbocycles. The number of pyridine rings is 2. The summed E-state index contributed by atoms with van der Waals surface area (Å²) in [6.45, 7) is 0. The Morgan fingerprint density at radius 2 is 0.849 bits per heavy atom. The molecular weight excluding hydrogens is 653 g/mol. The smallest absolute Gasteiger partial charge is 0.159 e. The molecule has 0 fully saturated rings. The zero-order chi connectivity index (χ0) is 35.6. The molecule has 0 amide bonds. The average molecular weight is 687 g/mol. The van der Waals surface area contributed by atoms with Crippen LogP contribution >= 0.6 is 0 Å². The molecule has 5 heterocycles. The molecule has 53 heavy (non-hydrogen) atoms. The van der Waals surface area contributed by atoms with Crippen molar-refractivity contribution < 1.29 is 0 Å². The maximum Gasteiger partial charge on any atom is 0.159 e. The van der Waals surface area contributed by atoms with Gasteiger partial charge >= 0.3 is 0 Å². The van der Waals surface area contributed by atoms with Crippen LogP contribution in [0.3, 0.4) is 0 Å². The lowest BCUT2D eigenvalue weighted by Crippen LogP contribution is -2.24.